The van der Waals surface area contributed by atoms with Crippen LogP contribution in [0.1, 0.15) is 5.56 Å². The molecule has 0 fully saturated rings. The molecule has 0 aliphatic heterocycles. The molecule has 1 aromatic rings. The van der Waals surface area contributed by atoms with Crippen LogP contribution in [0.3, 0.4) is 0 Å². The average molecular weight is 290 g/mol. The van der Waals surface area contributed by atoms with Gasteiger partial charge >= 0.3 is 0 Å². The molecule has 1 rings (SSSR count). The molecule has 0 aliphatic rings. The first-order valence-electron chi connectivity index (χ1n) is 5.53. The first-order valence-corrected chi connectivity index (χ1v) is 7.02. The summed E-state index contributed by atoms with van der Waals surface area (Å²) < 4.78 is 31.5. The van der Waals surface area contributed by atoms with E-state index in [0.29, 0.717) is 11.3 Å². The van der Waals surface area contributed by atoms with Crippen LogP contribution in [-0.2, 0) is 10.0 Å². The summed E-state index contributed by atoms with van der Waals surface area (Å²) in [7, 11) is -2.59. The molecule has 0 saturated heterocycles. The number of nitrogens with one attached hydrogen (secondary N) is 1. The minimum absolute atomic E-state index is 0.134. The van der Waals surface area contributed by atoms with E-state index in [1.165, 1.54) is 19.2 Å². The molecule has 0 saturated carbocycles. The summed E-state index contributed by atoms with van der Waals surface area (Å²) in [6.45, 7) is 0.699. The molecule has 7 nitrogen and oxygen atoms in total. The van der Waals surface area contributed by atoms with Gasteiger partial charge in [-0.2, -0.15) is 0 Å². The van der Waals surface area contributed by atoms with Gasteiger partial charge in [0.1, 0.15) is 10.6 Å². The van der Waals surface area contributed by atoms with Crippen molar-refractivity contribution in [1.82, 2.24) is 4.72 Å². The first-order chi connectivity index (χ1) is 8.85. The number of sulfonamides is 1. The van der Waals surface area contributed by atoms with E-state index in [2.05, 4.69) is 4.72 Å². The molecule has 108 valence electrons. The Hall–Kier alpha value is -1.35. The number of hydrogen-bond donors (Lipinski definition) is 4. The van der Waals surface area contributed by atoms with Crippen molar-refractivity contribution < 1.29 is 23.4 Å². The highest BCUT2D eigenvalue weighted by Crippen LogP contribution is 2.28. The highest BCUT2D eigenvalue weighted by Gasteiger charge is 2.24. The number of rotatable bonds is 6. The van der Waals surface area contributed by atoms with Crippen LogP contribution in [0.25, 0.3) is 0 Å². The van der Waals surface area contributed by atoms with Crippen LogP contribution in [0.4, 0.5) is 5.69 Å². The van der Waals surface area contributed by atoms with Crippen LogP contribution in [0.15, 0.2) is 17.0 Å². The largest absolute Gasteiger partial charge is 0.495 e. The fourth-order valence-electron chi connectivity index (χ4n) is 1.46. The molecule has 0 radical (unpaired) electrons. The van der Waals surface area contributed by atoms with Crippen molar-refractivity contribution in [3.05, 3.63) is 17.7 Å². The van der Waals surface area contributed by atoms with Gasteiger partial charge in [-0.25, -0.2) is 13.1 Å². The summed E-state index contributed by atoms with van der Waals surface area (Å²) in [5.41, 5.74) is 6.69. The van der Waals surface area contributed by atoms with Gasteiger partial charge < -0.3 is 20.7 Å². The molecular weight excluding hydrogens is 272 g/mol. The third-order valence-electron chi connectivity index (χ3n) is 2.60. The molecule has 0 unspecified atom stereocenters. The lowest BCUT2D eigenvalue weighted by atomic mass is 10.2. The summed E-state index contributed by atoms with van der Waals surface area (Å²) in [5.74, 6) is 0.147. The van der Waals surface area contributed by atoms with Gasteiger partial charge in [-0.15, -0.1) is 0 Å². The average Bonchev–Trinajstić information content (AvgIpc) is 2.38. The van der Waals surface area contributed by atoms with Crippen molar-refractivity contribution in [3.8, 4) is 5.75 Å². The third kappa shape index (κ3) is 3.57. The van der Waals surface area contributed by atoms with Gasteiger partial charge in [0, 0.05) is 5.69 Å². The number of methoxy groups -OCH3 is 1. The molecule has 8 heteroatoms. The van der Waals surface area contributed by atoms with E-state index in [9.17, 15) is 8.42 Å². The van der Waals surface area contributed by atoms with E-state index < -0.39 is 29.3 Å². The van der Waals surface area contributed by atoms with Crippen LogP contribution in [-0.4, -0.2) is 45.0 Å². The standard InChI is InChI=1S/C11H18N2O5S/c1-7-3-10(18-2)11(4-9(7)12)19(16,17)13-8(5-14)6-15/h3-4,8,13-15H,5-6,12H2,1-2H3. The number of aliphatic hydroxyl groups is 2. The van der Waals surface area contributed by atoms with Crippen LogP contribution >= 0.6 is 0 Å². The summed E-state index contributed by atoms with van der Waals surface area (Å²) in [6.07, 6.45) is 0. The fourth-order valence-corrected chi connectivity index (χ4v) is 2.87. The quantitative estimate of drug-likeness (QED) is 0.510. The smallest absolute Gasteiger partial charge is 0.244 e. The minimum Gasteiger partial charge on any atom is -0.495 e. The molecule has 0 spiro atoms. The number of hydrogen-bond acceptors (Lipinski definition) is 6. The van der Waals surface area contributed by atoms with Crippen LogP contribution in [0.2, 0.25) is 0 Å². The lowest BCUT2D eigenvalue weighted by Gasteiger charge is -2.16. The van der Waals surface area contributed by atoms with E-state index in [1.807, 2.05) is 0 Å². The van der Waals surface area contributed by atoms with Crippen molar-refractivity contribution >= 4 is 15.7 Å². The van der Waals surface area contributed by atoms with Gasteiger partial charge in [0.25, 0.3) is 0 Å². The normalized spacial score (nSPS) is 11.8. The number of aryl methyl sites for hydroxylation is 1. The van der Waals surface area contributed by atoms with Gasteiger partial charge in [0.2, 0.25) is 10.0 Å². The van der Waals surface area contributed by atoms with E-state index in [0.717, 1.165) is 0 Å². The predicted molar refractivity (Wildman–Crippen MR) is 70.4 cm³/mol. The Bertz CT molecular complexity index is 540. The van der Waals surface area contributed by atoms with Gasteiger partial charge in [0.15, 0.2) is 0 Å². The van der Waals surface area contributed by atoms with Gasteiger partial charge in [-0.05, 0) is 24.6 Å². The number of anilines is 1. The number of benzene rings is 1. The zero-order valence-corrected chi connectivity index (χ0v) is 11.6. The van der Waals surface area contributed by atoms with Crippen molar-refractivity contribution in [2.24, 2.45) is 0 Å². The van der Waals surface area contributed by atoms with E-state index in [1.54, 1.807) is 6.92 Å². The van der Waals surface area contributed by atoms with Crippen LogP contribution < -0.4 is 15.2 Å². The predicted octanol–water partition coefficient (Wildman–Crippen LogP) is -0.783. The second kappa shape index (κ2) is 6.20. The molecular formula is C11H18N2O5S. The van der Waals surface area contributed by atoms with Crippen molar-refractivity contribution in [3.63, 3.8) is 0 Å². The number of ether oxygens (including phenoxy) is 1. The molecule has 0 aromatic heterocycles. The van der Waals surface area contributed by atoms with E-state index in [-0.39, 0.29) is 10.6 Å². The van der Waals surface area contributed by atoms with Gasteiger partial charge in [0.05, 0.1) is 26.4 Å². The van der Waals surface area contributed by atoms with Gasteiger partial charge in [-0.1, -0.05) is 0 Å². The number of nitrogen functional groups attached to an aromatic ring is 1. The molecule has 19 heavy (non-hydrogen) atoms. The van der Waals surface area contributed by atoms with E-state index in [4.69, 9.17) is 20.7 Å². The lowest BCUT2D eigenvalue weighted by Crippen LogP contribution is -2.40. The Balaban J connectivity index is 3.24. The molecule has 1 aromatic carbocycles. The molecule has 0 heterocycles. The maximum atomic E-state index is 12.1. The van der Waals surface area contributed by atoms with Crippen LogP contribution in [0, 0.1) is 6.92 Å². The highest BCUT2D eigenvalue weighted by atomic mass is 32.2. The topological polar surface area (TPSA) is 122 Å². The zero-order valence-electron chi connectivity index (χ0n) is 10.8. The number of nitrogens with two attached hydrogens (primary N) is 1. The summed E-state index contributed by atoms with van der Waals surface area (Å²) in [6, 6.07) is 1.82. The van der Waals surface area contributed by atoms with Crippen molar-refractivity contribution in [2.45, 2.75) is 17.9 Å². The Morgan fingerprint density at radius 3 is 2.42 bits per heavy atom. The van der Waals surface area contributed by atoms with E-state index >= 15 is 0 Å². The Morgan fingerprint density at radius 2 is 1.95 bits per heavy atom. The SMILES string of the molecule is COc1cc(C)c(N)cc1S(=O)(=O)NC(CO)CO. The number of aliphatic hydroxyl groups excluding tert-OH is 2. The van der Waals surface area contributed by atoms with Crippen molar-refractivity contribution in [1.29, 1.82) is 0 Å². The lowest BCUT2D eigenvalue weighted by molar-refractivity contribution is 0.185. The minimum atomic E-state index is -3.94. The Labute approximate surface area is 112 Å². The molecule has 0 aliphatic carbocycles. The van der Waals surface area contributed by atoms with Crippen molar-refractivity contribution in [2.75, 3.05) is 26.1 Å². The first kappa shape index (κ1) is 15.7. The summed E-state index contributed by atoms with van der Waals surface area (Å²) in [5, 5.41) is 17.8. The maximum absolute atomic E-state index is 12.1. The second-order valence-corrected chi connectivity index (χ2v) is 5.73. The maximum Gasteiger partial charge on any atom is 0.244 e. The summed E-state index contributed by atoms with van der Waals surface area (Å²) >= 11 is 0. The monoisotopic (exact) mass is 290 g/mol. The molecule has 0 amide bonds. The summed E-state index contributed by atoms with van der Waals surface area (Å²) in [4.78, 5) is -0.134. The third-order valence-corrected chi connectivity index (χ3v) is 4.15. The highest BCUT2D eigenvalue weighted by molar-refractivity contribution is 7.89. The fraction of sp³-hybridized carbons (Fsp3) is 0.455. The van der Waals surface area contributed by atoms with Gasteiger partial charge in [-0.3, -0.25) is 0 Å². The molecule has 0 atom stereocenters. The Kier molecular flexibility index (Phi) is 5.12. The molecule has 5 N–H and O–H groups in total. The second-order valence-electron chi connectivity index (χ2n) is 4.04. The van der Waals surface area contributed by atoms with Crippen LogP contribution in [0.5, 0.6) is 5.75 Å². The zero-order chi connectivity index (χ0) is 14.6. The molecule has 0 bridgehead atoms. The Morgan fingerprint density at radius 1 is 1.37 bits per heavy atom.